The summed E-state index contributed by atoms with van der Waals surface area (Å²) in [6.07, 6.45) is 5.22. The monoisotopic (exact) mass is 381 g/mol. The number of ether oxygens (including phenoxy) is 3. The topological polar surface area (TPSA) is 48.0 Å². The first kappa shape index (κ1) is 19.8. The first-order valence-electron chi connectivity index (χ1n) is 9.58. The molecule has 28 heavy (non-hydrogen) atoms. The normalized spacial score (nSPS) is 13.3. The molecule has 3 rings (SSSR count). The van der Waals surface area contributed by atoms with Gasteiger partial charge in [-0.1, -0.05) is 19.1 Å². The zero-order valence-electron chi connectivity index (χ0n) is 16.7. The molecule has 0 spiro atoms. The number of hydrogen-bond donors (Lipinski definition) is 0. The van der Waals surface area contributed by atoms with E-state index in [1.54, 1.807) is 20.3 Å². The highest BCUT2D eigenvalue weighted by molar-refractivity contribution is 5.92. The molecule has 5 heteroatoms. The molecule has 1 aliphatic heterocycles. The molecular formula is C23H27NO4. The second-order valence-corrected chi connectivity index (χ2v) is 6.74. The fourth-order valence-electron chi connectivity index (χ4n) is 3.24. The molecule has 0 saturated carbocycles. The molecule has 1 amide bonds. The fourth-order valence-corrected chi connectivity index (χ4v) is 3.24. The average molecular weight is 381 g/mol. The molecule has 0 atom stereocenters. The maximum Gasteiger partial charge on any atom is 0.246 e. The Labute approximate surface area is 166 Å². The van der Waals surface area contributed by atoms with Crippen molar-refractivity contribution in [2.45, 2.75) is 26.3 Å². The van der Waals surface area contributed by atoms with Crippen molar-refractivity contribution >= 4 is 12.0 Å². The third kappa shape index (κ3) is 4.66. The number of hydrogen-bond acceptors (Lipinski definition) is 4. The number of nitrogens with zero attached hydrogens (tertiary/aromatic N) is 1. The van der Waals surface area contributed by atoms with Crippen LogP contribution in [0.5, 0.6) is 17.2 Å². The molecule has 1 heterocycles. The number of fused-ring (bicyclic) bond motifs is 1. The number of amides is 1. The van der Waals surface area contributed by atoms with E-state index >= 15 is 0 Å². The molecule has 0 saturated heterocycles. The van der Waals surface area contributed by atoms with Crippen LogP contribution >= 0.6 is 0 Å². The molecular weight excluding hydrogens is 354 g/mol. The zero-order chi connectivity index (χ0) is 19.9. The van der Waals surface area contributed by atoms with Gasteiger partial charge in [0.05, 0.1) is 20.8 Å². The van der Waals surface area contributed by atoms with Gasteiger partial charge in [-0.25, -0.2) is 0 Å². The molecule has 0 aromatic heterocycles. The number of carbonyl (C=O) groups is 1. The smallest absolute Gasteiger partial charge is 0.246 e. The van der Waals surface area contributed by atoms with Crippen molar-refractivity contribution in [2.75, 3.05) is 27.4 Å². The van der Waals surface area contributed by atoms with Crippen LogP contribution in [0.15, 0.2) is 42.5 Å². The quantitative estimate of drug-likeness (QED) is 0.678. The van der Waals surface area contributed by atoms with Gasteiger partial charge in [0.2, 0.25) is 5.91 Å². The summed E-state index contributed by atoms with van der Waals surface area (Å²) in [4.78, 5) is 14.5. The number of rotatable bonds is 7. The van der Waals surface area contributed by atoms with E-state index in [2.05, 4.69) is 13.0 Å². The zero-order valence-corrected chi connectivity index (χ0v) is 16.7. The van der Waals surface area contributed by atoms with Gasteiger partial charge in [-0.05, 0) is 59.9 Å². The summed E-state index contributed by atoms with van der Waals surface area (Å²) in [7, 11) is 3.27. The van der Waals surface area contributed by atoms with E-state index in [0.29, 0.717) is 18.9 Å². The SMILES string of the molecule is CCCOc1ccc(/C=C/C(=O)N2CCc3ccc(OC)cc3C2)cc1OC. The third-order valence-corrected chi connectivity index (χ3v) is 4.81. The third-order valence-electron chi connectivity index (χ3n) is 4.81. The Bertz CT molecular complexity index is 860. The van der Waals surface area contributed by atoms with E-state index in [0.717, 1.165) is 42.0 Å². The van der Waals surface area contributed by atoms with E-state index in [1.807, 2.05) is 41.3 Å². The highest BCUT2D eigenvalue weighted by Gasteiger charge is 2.19. The Kier molecular flexibility index (Phi) is 6.58. The van der Waals surface area contributed by atoms with Crippen LogP contribution in [0.4, 0.5) is 0 Å². The molecule has 5 nitrogen and oxygen atoms in total. The summed E-state index contributed by atoms with van der Waals surface area (Å²) in [6, 6.07) is 11.7. The Morgan fingerprint density at radius 3 is 2.68 bits per heavy atom. The van der Waals surface area contributed by atoms with Crippen LogP contribution in [0.3, 0.4) is 0 Å². The van der Waals surface area contributed by atoms with Crippen LogP contribution in [0.25, 0.3) is 6.08 Å². The van der Waals surface area contributed by atoms with E-state index in [9.17, 15) is 4.79 Å². The molecule has 0 radical (unpaired) electrons. The first-order chi connectivity index (χ1) is 13.6. The Morgan fingerprint density at radius 2 is 1.93 bits per heavy atom. The highest BCUT2D eigenvalue weighted by Crippen LogP contribution is 2.29. The minimum atomic E-state index is -0.00116. The van der Waals surface area contributed by atoms with Crippen LogP contribution in [0, 0.1) is 0 Å². The Morgan fingerprint density at radius 1 is 1.07 bits per heavy atom. The van der Waals surface area contributed by atoms with Crippen molar-refractivity contribution in [2.24, 2.45) is 0 Å². The van der Waals surface area contributed by atoms with Crippen molar-refractivity contribution in [1.29, 1.82) is 0 Å². The summed E-state index contributed by atoms with van der Waals surface area (Å²) in [5.74, 6) is 2.20. The molecule has 1 aliphatic rings. The maximum atomic E-state index is 12.7. The minimum Gasteiger partial charge on any atom is -0.497 e. The van der Waals surface area contributed by atoms with Crippen molar-refractivity contribution in [3.05, 3.63) is 59.2 Å². The van der Waals surface area contributed by atoms with E-state index in [4.69, 9.17) is 14.2 Å². The summed E-state index contributed by atoms with van der Waals surface area (Å²) in [5, 5.41) is 0. The Hall–Kier alpha value is -2.95. The van der Waals surface area contributed by atoms with Crippen LogP contribution in [-0.4, -0.2) is 38.2 Å². The van der Waals surface area contributed by atoms with Gasteiger partial charge in [-0.2, -0.15) is 0 Å². The lowest BCUT2D eigenvalue weighted by atomic mass is 9.99. The molecule has 0 fully saturated rings. The van der Waals surface area contributed by atoms with Gasteiger partial charge in [-0.3, -0.25) is 4.79 Å². The standard InChI is InChI=1S/C23H27NO4/c1-4-13-28-21-9-5-17(14-22(21)27-3)6-10-23(25)24-12-11-18-7-8-20(26-2)15-19(18)16-24/h5-10,14-15H,4,11-13,16H2,1-3H3/b10-6+. The second kappa shape index (κ2) is 9.31. The van der Waals surface area contributed by atoms with Gasteiger partial charge < -0.3 is 19.1 Å². The molecule has 0 unspecified atom stereocenters. The molecule has 0 aliphatic carbocycles. The van der Waals surface area contributed by atoms with Gasteiger partial charge in [0.15, 0.2) is 11.5 Å². The predicted octanol–water partition coefficient (Wildman–Crippen LogP) is 4.09. The maximum absolute atomic E-state index is 12.7. The lowest BCUT2D eigenvalue weighted by molar-refractivity contribution is -0.126. The second-order valence-electron chi connectivity index (χ2n) is 6.74. The first-order valence-corrected chi connectivity index (χ1v) is 9.58. The van der Waals surface area contributed by atoms with Gasteiger partial charge >= 0.3 is 0 Å². The van der Waals surface area contributed by atoms with Gasteiger partial charge in [0.1, 0.15) is 5.75 Å². The van der Waals surface area contributed by atoms with Gasteiger partial charge in [0.25, 0.3) is 0 Å². The minimum absolute atomic E-state index is 0.00116. The largest absolute Gasteiger partial charge is 0.497 e. The average Bonchev–Trinajstić information content (AvgIpc) is 2.75. The number of benzene rings is 2. The lowest BCUT2D eigenvalue weighted by Gasteiger charge is -2.28. The number of methoxy groups -OCH3 is 2. The molecule has 148 valence electrons. The van der Waals surface area contributed by atoms with Crippen LogP contribution in [-0.2, 0) is 17.8 Å². The van der Waals surface area contributed by atoms with E-state index < -0.39 is 0 Å². The number of carbonyl (C=O) groups excluding carboxylic acids is 1. The van der Waals surface area contributed by atoms with Crippen LogP contribution in [0.2, 0.25) is 0 Å². The van der Waals surface area contributed by atoms with Crippen molar-refractivity contribution < 1.29 is 19.0 Å². The van der Waals surface area contributed by atoms with Crippen molar-refractivity contribution in [1.82, 2.24) is 4.90 Å². The highest BCUT2D eigenvalue weighted by atomic mass is 16.5. The fraction of sp³-hybridized carbons (Fsp3) is 0.348. The van der Waals surface area contributed by atoms with Crippen molar-refractivity contribution in [3.8, 4) is 17.2 Å². The van der Waals surface area contributed by atoms with E-state index in [1.165, 1.54) is 5.56 Å². The van der Waals surface area contributed by atoms with E-state index in [-0.39, 0.29) is 5.91 Å². The lowest BCUT2D eigenvalue weighted by Crippen LogP contribution is -2.34. The van der Waals surface area contributed by atoms with Crippen LogP contribution < -0.4 is 14.2 Å². The predicted molar refractivity (Wildman–Crippen MR) is 110 cm³/mol. The summed E-state index contributed by atoms with van der Waals surface area (Å²) in [5.41, 5.74) is 3.32. The Balaban J connectivity index is 1.68. The molecule has 2 aromatic rings. The molecule has 0 N–H and O–H groups in total. The molecule has 2 aromatic carbocycles. The summed E-state index contributed by atoms with van der Waals surface area (Å²) >= 11 is 0. The summed E-state index contributed by atoms with van der Waals surface area (Å²) < 4.78 is 16.4. The van der Waals surface area contributed by atoms with Crippen LogP contribution in [0.1, 0.15) is 30.0 Å². The van der Waals surface area contributed by atoms with Gasteiger partial charge in [0, 0.05) is 19.2 Å². The summed E-state index contributed by atoms with van der Waals surface area (Å²) in [6.45, 7) is 4.02. The van der Waals surface area contributed by atoms with Crippen molar-refractivity contribution in [3.63, 3.8) is 0 Å². The molecule has 0 bridgehead atoms. The van der Waals surface area contributed by atoms with Gasteiger partial charge in [-0.15, -0.1) is 0 Å².